The van der Waals surface area contributed by atoms with Crippen LogP contribution < -0.4 is 4.18 Å². The average molecular weight is 240 g/mol. The number of nitrogens with zero attached hydrogens (tertiary/aromatic N) is 2. The fourth-order valence-corrected chi connectivity index (χ4v) is 1.20. The van der Waals surface area contributed by atoms with Gasteiger partial charge in [0.05, 0.1) is 5.69 Å². The van der Waals surface area contributed by atoms with Crippen LogP contribution in [-0.2, 0) is 21.0 Å². The number of aliphatic imine (C=N–C) groups is 2. The van der Waals surface area contributed by atoms with Gasteiger partial charge in [-0.05, 0) is 12.1 Å². The van der Waals surface area contributed by atoms with Gasteiger partial charge in [0.15, 0.2) is 5.75 Å². The van der Waals surface area contributed by atoms with Crippen molar-refractivity contribution in [1.82, 2.24) is 0 Å². The molecule has 0 saturated heterocycles. The van der Waals surface area contributed by atoms with E-state index in [1.165, 1.54) is 24.3 Å². The third-order valence-electron chi connectivity index (χ3n) is 1.45. The zero-order chi connectivity index (χ0) is 12.0. The highest BCUT2D eigenvalue weighted by atomic mass is 32.2. The molecule has 0 aliphatic carbocycles. The van der Waals surface area contributed by atoms with Gasteiger partial charge in [0.25, 0.3) is 0 Å². The van der Waals surface area contributed by atoms with Crippen LogP contribution >= 0.6 is 0 Å². The van der Waals surface area contributed by atoms with Crippen LogP contribution in [0, 0.1) is 0 Å². The van der Waals surface area contributed by atoms with E-state index in [2.05, 4.69) is 14.2 Å². The Labute approximate surface area is 92.0 Å². The molecule has 0 aliphatic rings. The van der Waals surface area contributed by atoms with Crippen molar-refractivity contribution in [3.63, 3.8) is 0 Å². The predicted octanol–water partition coefficient (Wildman–Crippen LogP) is 1.14. The monoisotopic (exact) mass is 240 g/mol. The normalized spacial score (nSPS) is 10.8. The van der Waals surface area contributed by atoms with Crippen LogP contribution in [0.2, 0.25) is 0 Å². The Morgan fingerprint density at radius 3 is 2.50 bits per heavy atom. The quantitative estimate of drug-likeness (QED) is 0.482. The van der Waals surface area contributed by atoms with Crippen LogP contribution in [0.4, 0.5) is 11.4 Å². The highest BCUT2D eigenvalue weighted by molar-refractivity contribution is 7.74. The lowest BCUT2D eigenvalue weighted by Crippen LogP contribution is -1.97. The second kappa shape index (κ2) is 5.69. The largest absolute Gasteiger partial charge is 0.378 e. The van der Waals surface area contributed by atoms with Crippen LogP contribution in [0.15, 0.2) is 28.2 Å². The molecular formula is C8H4N2O5S. The van der Waals surface area contributed by atoms with Crippen molar-refractivity contribution in [2.75, 3.05) is 0 Å². The molecule has 0 aromatic heterocycles. The van der Waals surface area contributed by atoms with E-state index in [1.54, 1.807) is 0 Å². The Hall–Kier alpha value is -2.11. The van der Waals surface area contributed by atoms with Gasteiger partial charge in [-0.2, -0.15) is 14.2 Å². The third kappa shape index (κ3) is 3.23. The first-order chi connectivity index (χ1) is 7.67. The molecule has 8 heteroatoms. The Bertz CT molecular complexity index is 517. The average Bonchev–Trinajstić information content (AvgIpc) is 2.22. The zero-order valence-electron chi connectivity index (χ0n) is 7.61. The van der Waals surface area contributed by atoms with Crippen LogP contribution in [0.5, 0.6) is 5.75 Å². The van der Waals surface area contributed by atoms with Crippen LogP contribution in [0.1, 0.15) is 0 Å². The molecule has 7 nitrogen and oxygen atoms in total. The van der Waals surface area contributed by atoms with Crippen molar-refractivity contribution < 1.29 is 22.5 Å². The molecule has 1 aromatic rings. The minimum absolute atomic E-state index is 0.00208. The summed E-state index contributed by atoms with van der Waals surface area (Å²) >= 11 is -2.57. The summed E-state index contributed by atoms with van der Waals surface area (Å²) in [4.78, 5) is 26.6. The van der Waals surface area contributed by atoms with Crippen molar-refractivity contribution in [3.05, 3.63) is 18.2 Å². The molecular weight excluding hydrogens is 236 g/mol. The summed E-state index contributed by atoms with van der Waals surface area (Å²) in [5.74, 6) is -0.166. The lowest BCUT2D eigenvalue weighted by molar-refractivity contribution is 0.458. The highest BCUT2D eigenvalue weighted by Crippen LogP contribution is 2.31. The summed E-state index contributed by atoms with van der Waals surface area (Å²) in [7, 11) is 0. The van der Waals surface area contributed by atoms with Gasteiger partial charge in [-0.25, -0.2) is 9.59 Å². The van der Waals surface area contributed by atoms with E-state index in [0.717, 1.165) is 6.07 Å². The number of benzene rings is 1. The first-order valence-corrected chi connectivity index (χ1v) is 4.79. The van der Waals surface area contributed by atoms with Crippen LogP contribution in [0.3, 0.4) is 0 Å². The lowest BCUT2D eigenvalue weighted by Gasteiger charge is -2.02. The number of hydrogen-bond acceptors (Lipinski definition) is 6. The molecule has 0 fully saturated rings. The lowest BCUT2D eigenvalue weighted by atomic mass is 10.2. The SMILES string of the molecule is O=C=Nc1ccc(N=C=O)c(OS(=O)O)c1. The Kier molecular flexibility index (Phi) is 4.26. The minimum atomic E-state index is -2.57. The Morgan fingerprint density at radius 2 is 1.94 bits per heavy atom. The van der Waals surface area contributed by atoms with E-state index < -0.39 is 11.4 Å². The maximum Gasteiger partial charge on any atom is 0.357 e. The van der Waals surface area contributed by atoms with Gasteiger partial charge in [0, 0.05) is 6.07 Å². The third-order valence-corrected chi connectivity index (χ3v) is 1.77. The molecule has 0 amide bonds. The van der Waals surface area contributed by atoms with Crippen molar-refractivity contribution in [2.45, 2.75) is 0 Å². The first-order valence-electron chi connectivity index (χ1n) is 3.76. The standard InChI is InChI=1S/C8H4N2O5S/c11-4-9-6-1-2-7(10-5-12)8(3-6)15-16(13)14/h1-3H,(H,13,14). The van der Waals surface area contributed by atoms with Crippen LogP contribution in [0.25, 0.3) is 0 Å². The number of carbonyl (C=O) groups excluding carboxylic acids is 2. The molecule has 0 bridgehead atoms. The summed E-state index contributed by atoms with van der Waals surface area (Å²) < 4.78 is 23.4. The van der Waals surface area contributed by atoms with Gasteiger partial charge in [-0.3, -0.25) is 4.55 Å². The van der Waals surface area contributed by atoms with Gasteiger partial charge in [-0.15, -0.1) is 0 Å². The summed E-state index contributed by atoms with van der Waals surface area (Å²) in [5, 5.41) is 0. The molecule has 0 radical (unpaired) electrons. The summed E-state index contributed by atoms with van der Waals surface area (Å²) in [6.07, 6.45) is 2.54. The molecule has 1 aromatic carbocycles. The number of rotatable bonds is 4. The van der Waals surface area contributed by atoms with Gasteiger partial charge in [0.2, 0.25) is 12.2 Å². The van der Waals surface area contributed by atoms with E-state index in [1.807, 2.05) is 0 Å². The maximum atomic E-state index is 10.4. The highest BCUT2D eigenvalue weighted by Gasteiger charge is 2.07. The summed E-state index contributed by atoms with van der Waals surface area (Å²) in [6.45, 7) is 0. The summed E-state index contributed by atoms with van der Waals surface area (Å²) in [6, 6.07) is 3.80. The summed E-state index contributed by atoms with van der Waals surface area (Å²) in [5.41, 5.74) is 0.155. The second-order valence-corrected chi connectivity index (χ2v) is 2.96. The van der Waals surface area contributed by atoms with Gasteiger partial charge >= 0.3 is 11.4 Å². The topological polar surface area (TPSA) is 105 Å². The number of hydrogen-bond donors (Lipinski definition) is 1. The first kappa shape index (κ1) is 12.0. The molecule has 0 heterocycles. The fourth-order valence-electron chi connectivity index (χ4n) is 0.910. The van der Waals surface area contributed by atoms with Gasteiger partial charge in [-0.1, -0.05) is 0 Å². The molecule has 1 N–H and O–H groups in total. The predicted molar refractivity (Wildman–Crippen MR) is 53.4 cm³/mol. The van der Waals surface area contributed by atoms with E-state index in [0.29, 0.717) is 0 Å². The van der Waals surface area contributed by atoms with E-state index in [9.17, 15) is 13.8 Å². The van der Waals surface area contributed by atoms with E-state index in [-0.39, 0.29) is 17.1 Å². The molecule has 0 saturated carbocycles. The fraction of sp³-hybridized carbons (Fsp3) is 0. The maximum absolute atomic E-state index is 10.4. The van der Waals surface area contributed by atoms with Crippen molar-refractivity contribution in [2.24, 2.45) is 9.98 Å². The van der Waals surface area contributed by atoms with Gasteiger partial charge < -0.3 is 4.18 Å². The molecule has 1 atom stereocenters. The molecule has 0 spiro atoms. The van der Waals surface area contributed by atoms with Crippen molar-refractivity contribution >= 4 is 34.9 Å². The molecule has 1 rings (SSSR count). The smallest absolute Gasteiger partial charge is 0.357 e. The van der Waals surface area contributed by atoms with Crippen LogP contribution in [-0.4, -0.2) is 20.9 Å². The molecule has 1 unspecified atom stereocenters. The minimum Gasteiger partial charge on any atom is -0.378 e. The molecule has 82 valence electrons. The molecule has 0 aliphatic heterocycles. The zero-order valence-corrected chi connectivity index (χ0v) is 8.43. The van der Waals surface area contributed by atoms with E-state index >= 15 is 0 Å². The Balaban J connectivity index is 3.24. The Morgan fingerprint density at radius 1 is 1.25 bits per heavy atom. The van der Waals surface area contributed by atoms with Crippen molar-refractivity contribution in [1.29, 1.82) is 0 Å². The van der Waals surface area contributed by atoms with E-state index in [4.69, 9.17) is 4.55 Å². The van der Waals surface area contributed by atoms with Gasteiger partial charge in [0.1, 0.15) is 5.69 Å². The second-order valence-electron chi connectivity index (χ2n) is 2.36. The number of isocyanates is 2. The molecule has 16 heavy (non-hydrogen) atoms. The van der Waals surface area contributed by atoms with Crippen molar-refractivity contribution in [3.8, 4) is 5.75 Å².